The fourth-order valence-electron chi connectivity index (χ4n) is 1.69. The Bertz CT molecular complexity index is 419. The number of carboxylic acid groups (broad SMARTS) is 1. The number of β-lactam (4-membered cyclic amide) rings is 1. The van der Waals surface area contributed by atoms with Crippen LogP contribution in [0, 0.1) is 0 Å². The number of nitrogens with one attached hydrogen (secondary N) is 3. The standard InChI is InChI=1S/C8H12N6O3/c9-5-3(12-7(5)15)1-4(13-8(16)17)6-10-2-11-14-6/h2-5,13H,1,9H2,(H,12,15)(H,16,17)(H,10,11,14)/t3-,4?,5+/m1/s1. The van der Waals surface area contributed by atoms with E-state index in [4.69, 9.17) is 10.8 Å². The number of aromatic nitrogens is 3. The van der Waals surface area contributed by atoms with Gasteiger partial charge in [-0.25, -0.2) is 9.78 Å². The molecule has 3 atom stereocenters. The molecule has 0 aromatic carbocycles. The van der Waals surface area contributed by atoms with Crippen LogP contribution in [0.5, 0.6) is 0 Å². The topological polar surface area (TPSA) is 146 Å². The van der Waals surface area contributed by atoms with Crippen molar-refractivity contribution < 1.29 is 14.7 Å². The highest BCUT2D eigenvalue weighted by Crippen LogP contribution is 2.19. The van der Waals surface area contributed by atoms with E-state index in [-0.39, 0.29) is 11.9 Å². The van der Waals surface area contributed by atoms with Gasteiger partial charge in [-0.2, -0.15) is 5.10 Å². The maximum absolute atomic E-state index is 10.9. The average Bonchev–Trinajstić information content (AvgIpc) is 2.79. The molecule has 6 N–H and O–H groups in total. The minimum Gasteiger partial charge on any atom is -0.465 e. The highest BCUT2D eigenvalue weighted by atomic mass is 16.4. The molecule has 2 heterocycles. The quantitative estimate of drug-likeness (QED) is 0.397. The maximum Gasteiger partial charge on any atom is 0.405 e. The van der Waals surface area contributed by atoms with E-state index in [1.165, 1.54) is 6.33 Å². The minimum atomic E-state index is -1.18. The molecular formula is C8H12N6O3. The predicted octanol–water partition coefficient (Wildman–Crippen LogP) is -1.67. The summed E-state index contributed by atoms with van der Waals surface area (Å²) in [5.41, 5.74) is 5.57. The molecule has 1 saturated heterocycles. The van der Waals surface area contributed by atoms with Crippen LogP contribution in [-0.4, -0.2) is 44.4 Å². The molecule has 1 aliphatic rings. The van der Waals surface area contributed by atoms with E-state index in [0.29, 0.717) is 12.2 Å². The first-order valence-electron chi connectivity index (χ1n) is 4.98. The van der Waals surface area contributed by atoms with Crippen LogP contribution in [0.25, 0.3) is 0 Å². The summed E-state index contributed by atoms with van der Waals surface area (Å²) in [7, 11) is 0. The molecule has 9 heteroatoms. The highest BCUT2D eigenvalue weighted by molar-refractivity contribution is 5.88. The lowest BCUT2D eigenvalue weighted by atomic mass is 9.93. The average molecular weight is 240 g/mol. The molecule has 0 spiro atoms. The number of aromatic amines is 1. The summed E-state index contributed by atoms with van der Waals surface area (Å²) in [5, 5.41) is 19.8. The van der Waals surface area contributed by atoms with Crippen molar-refractivity contribution in [3.05, 3.63) is 12.2 Å². The van der Waals surface area contributed by atoms with Crippen molar-refractivity contribution in [2.75, 3.05) is 0 Å². The van der Waals surface area contributed by atoms with E-state index in [0.717, 1.165) is 0 Å². The fourth-order valence-corrected chi connectivity index (χ4v) is 1.69. The molecule has 1 aromatic heterocycles. The molecule has 17 heavy (non-hydrogen) atoms. The van der Waals surface area contributed by atoms with Crippen LogP contribution in [0.2, 0.25) is 0 Å². The van der Waals surface area contributed by atoms with Crippen LogP contribution in [0.1, 0.15) is 18.3 Å². The Morgan fingerprint density at radius 3 is 2.94 bits per heavy atom. The molecular weight excluding hydrogens is 228 g/mol. The van der Waals surface area contributed by atoms with Crippen molar-refractivity contribution in [1.82, 2.24) is 25.8 Å². The van der Waals surface area contributed by atoms with Crippen molar-refractivity contribution in [2.45, 2.75) is 24.5 Å². The van der Waals surface area contributed by atoms with E-state index < -0.39 is 18.2 Å². The van der Waals surface area contributed by atoms with Crippen molar-refractivity contribution in [3.63, 3.8) is 0 Å². The number of amides is 2. The Morgan fingerprint density at radius 2 is 2.47 bits per heavy atom. The Morgan fingerprint density at radius 1 is 1.71 bits per heavy atom. The summed E-state index contributed by atoms with van der Waals surface area (Å²) >= 11 is 0. The third-order valence-corrected chi connectivity index (χ3v) is 2.61. The maximum atomic E-state index is 10.9. The van der Waals surface area contributed by atoms with E-state index >= 15 is 0 Å². The summed E-state index contributed by atoms with van der Waals surface area (Å²) < 4.78 is 0. The summed E-state index contributed by atoms with van der Waals surface area (Å²) in [6.07, 6.45) is 0.435. The Hall–Kier alpha value is -2.16. The smallest absolute Gasteiger partial charge is 0.405 e. The molecule has 92 valence electrons. The lowest BCUT2D eigenvalue weighted by Crippen LogP contribution is -2.67. The first kappa shape index (κ1) is 11.3. The number of hydrogen-bond donors (Lipinski definition) is 5. The molecule has 2 amide bonds. The zero-order chi connectivity index (χ0) is 12.4. The fraction of sp³-hybridized carbons (Fsp3) is 0.500. The van der Waals surface area contributed by atoms with Gasteiger partial charge in [-0.15, -0.1) is 0 Å². The van der Waals surface area contributed by atoms with Gasteiger partial charge in [-0.1, -0.05) is 0 Å². The van der Waals surface area contributed by atoms with E-state index in [1.54, 1.807) is 0 Å². The predicted molar refractivity (Wildman–Crippen MR) is 54.8 cm³/mol. The number of rotatable bonds is 4. The first-order valence-corrected chi connectivity index (χ1v) is 4.98. The molecule has 2 rings (SSSR count). The molecule has 1 unspecified atom stereocenters. The summed E-state index contributed by atoms with van der Waals surface area (Å²) in [4.78, 5) is 25.4. The number of hydrogen-bond acceptors (Lipinski definition) is 5. The van der Waals surface area contributed by atoms with Crippen molar-refractivity contribution >= 4 is 12.0 Å². The first-order chi connectivity index (χ1) is 8.08. The molecule has 1 aliphatic heterocycles. The largest absolute Gasteiger partial charge is 0.465 e. The third-order valence-electron chi connectivity index (χ3n) is 2.61. The summed E-state index contributed by atoms with van der Waals surface area (Å²) in [5.74, 6) is 0.155. The van der Waals surface area contributed by atoms with Crippen LogP contribution in [0.3, 0.4) is 0 Å². The minimum absolute atomic E-state index is 0.235. The van der Waals surface area contributed by atoms with Crippen LogP contribution in [0.4, 0.5) is 4.79 Å². The van der Waals surface area contributed by atoms with Gasteiger partial charge in [-0.05, 0) is 6.42 Å². The van der Waals surface area contributed by atoms with Gasteiger partial charge in [0.15, 0.2) is 0 Å². The van der Waals surface area contributed by atoms with Crippen LogP contribution in [-0.2, 0) is 4.79 Å². The number of carbonyl (C=O) groups excluding carboxylic acids is 1. The van der Waals surface area contributed by atoms with Crippen molar-refractivity contribution in [1.29, 1.82) is 0 Å². The van der Waals surface area contributed by atoms with Crippen molar-refractivity contribution in [3.8, 4) is 0 Å². The number of nitrogens with zero attached hydrogens (tertiary/aromatic N) is 2. The third kappa shape index (κ3) is 2.33. The second-order valence-electron chi connectivity index (χ2n) is 3.75. The van der Waals surface area contributed by atoms with Crippen molar-refractivity contribution in [2.24, 2.45) is 5.73 Å². The zero-order valence-electron chi connectivity index (χ0n) is 8.75. The lowest BCUT2D eigenvalue weighted by Gasteiger charge is -2.35. The number of nitrogens with two attached hydrogens (primary N) is 1. The SMILES string of the molecule is N[C@@H]1C(=O)N[C@@H]1CC(NC(=O)O)c1ncn[nH]1. The van der Waals surface area contributed by atoms with Gasteiger partial charge in [-0.3, -0.25) is 9.89 Å². The molecule has 0 bridgehead atoms. The molecule has 1 fully saturated rings. The Kier molecular flexibility index (Phi) is 2.91. The van der Waals surface area contributed by atoms with Gasteiger partial charge in [0.25, 0.3) is 0 Å². The van der Waals surface area contributed by atoms with Gasteiger partial charge in [0, 0.05) is 0 Å². The molecule has 0 radical (unpaired) electrons. The molecule has 1 aromatic rings. The molecule has 9 nitrogen and oxygen atoms in total. The summed E-state index contributed by atoms with van der Waals surface area (Å²) in [6, 6.07) is -1.44. The van der Waals surface area contributed by atoms with Crippen LogP contribution in [0.15, 0.2) is 6.33 Å². The van der Waals surface area contributed by atoms with E-state index in [1.807, 2.05) is 0 Å². The zero-order valence-corrected chi connectivity index (χ0v) is 8.75. The normalized spacial score (nSPS) is 24.6. The second-order valence-corrected chi connectivity index (χ2v) is 3.75. The van der Waals surface area contributed by atoms with Gasteiger partial charge < -0.3 is 21.5 Å². The van der Waals surface area contributed by atoms with Gasteiger partial charge in [0.05, 0.1) is 12.1 Å². The monoisotopic (exact) mass is 240 g/mol. The molecule has 0 aliphatic carbocycles. The van der Waals surface area contributed by atoms with Crippen LogP contribution < -0.4 is 16.4 Å². The van der Waals surface area contributed by atoms with E-state index in [2.05, 4.69) is 25.8 Å². The highest BCUT2D eigenvalue weighted by Gasteiger charge is 2.38. The van der Waals surface area contributed by atoms with Crippen LogP contribution >= 0.6 is 0 Å². The van der Waals surface area contributed by atoms with E-state index in [9.17, 15) is 9.59 Å². The van der Waals surface area contributed by atoms with Gasteiger partial charge in [0.1, 0.15) is 18.2 Å². The summed E-state index contributed by atoms with van der Waals surface area (Å²) in [6.45, 7) is 0. The number of carbonyl (C=O) groups is 2. The lowest BCUT2D eigenvalue weighted by molar-refractivity contribution is -0.130. The Balaban J connectivity index is 2.01. The van der Waals surface area contributed by atoms with Gasteiger partial charge >= 0.3 is 6.09 Å². The second kappa shape index (κ2) is 4.37. The molecule has 0 saturated carbocycles. The Labute approximate surface area is 95.8 Å². The number of H-pyrrole nitrogens is 1. The van der Waals surface area contributed by atoms with Gasteiger partial charge in [0.2, 0.25) is 5.91 Å².